The average molecular weight is 361 g/mol. The molecule has 0 fully saturated rings. The standard InChI is InChI=1S/C19H23NO6/c1-6-7-13-14(8-12(9-20)19(21)26-11(2)3)16(23-5)18-17(15(13)22-4)24-10-25-18/h8,11H,6-7,10H2,1-5H3/b12-8+. The Morgan fingerprint density at radius 1 is 1.23 bits per heavy atom. The summed E-state index contributed by atoms with van der Waals surface area (Å²) in [7, 11) is 3.03. The van der Waals surface area contributed by atoms with Crippen molar-refractivity contribution in [3.8, 4) is 29.1 Å². The summed E-state index contributed by atoms with van der Waals surface area (Å²) >= 11 is 0. The molecule has 0 saturated heterocycles. The van der Waals surface area contributed by atoms with Gasteiger partial charge in [0.1, 0.15) is 11.6 Å². The predicted octanol–water partition coefficient (Wildman–Crippen LogP) is 3.24. The van der Waals surface area contributed by atoms with Gasteiger partial charge >= 0.3 is 5.97 Å². The summed E-state index contributed by atoms with van der Waals surface area (Å²) in [5.74, 6) is 1.08. The first-order valence-electron chi connectivity index (χ1n) is 8.37. The Morgan fingerprint density at radius 3 is 2.35 bits per heavy atom. The van der Waals surface area contributed by atoms with Gasteiger partial charge in [0.15, 0.2) is 11.5 Å². The van der Waals surface area contributed by atoms with Crippen LogP contribution in [0.25, 0.3) is 6.08 Å². The summed E-state index contributed by atoms with van der Waals surface area (Å²) in [6, 6.07) is 1.90. The van der Waals surface area contributed by atoms with Crippen LogP contribution in [-0.2, 0) is 16.0 Å². The minimum atomic E-state index is -0.691. The number of hydrogen-bond acceptors (Lipinski definition) is 7. The maximum atomic E-state index is 12.2. The molecule has 0 atom stereocenters. The highest BCUT2D eigenvalue weighted by Crippen LogP contribution is 2.53. The number of nitriles is 1. The van der Waals surface area contributed by atoms with Gasteiger partial charge in [-0.05, 0) is 26.3 Å². The van der Waals surface area contributed by atoms with Gasteiger partial charge in [0.2, 0.25) is 18.3 Å². The van der Waals surface area contributed by atoms with Crippen molar-refractivity contribution < 1.29 is 28.5 Å². The van der Waals surface area contributed by atoms with Crippen LogP contribution in [0.15, 0.2) is 5.57 Å². The summed E-state index contributed by atoms with van der Waals surface area (Å²) in [6.07, 6.45) is 2.58. The fourth-order valence-electron chi connectivity index (χ4n) is 2.76. The maximum absolute atomic E-state index is 12.2. The summed E-state index contributed by atoms with van der Waals surface area (Å²) in [6.45, 7) is 5.50. The van der Waals surface area contributed by atoms with Gasteiger partial charge in [-0.25, -0.2) is 4.79 Å². The van der Waals surface area contributed by atoms with Gasteiger partial charge in [0, 0.05) is 11.1 Å². The molecule has 0 N–H and O–H groups in total. The van der Waals surface area contributed by atoms with Crippen molar-refractivity contribution in [2.24, 2.45) is 0 Å². The van der Waals surface area contributed by atoms with Crippen molar-refractivity contribution in [3.63, 3.8) is 0 Å². The number of benzene rings is 1. The van der Waals surface area contributed by atoms with Crippen molar-refractivity contribution in [2.45, 2.75) is 39.7 Å². The average Bonchev–Trinajstić information content (AvgIpc) is 3.08. The molecule has 1 aromatic rings. The number of carbonyl (C=O) groups excluding carboxylic acids is 1. The molecule has 2 rings (SSSR count). The predicted molar refractivity (Wildman–Crippen MR) is 94.5 cm³/mol. The van der Waals surface area contributed by atoms with E-state index in [2.05, 4.69) is 0 Å². The molecule has 1 heterocycles. The van der Waals surface area contributed by atoms with E-state index in [4.69, 9.17) is 23.7 Å². The topological polar surface area (TPSA) is 87.0 Å². The monoisotopic (exact) mass is 361 g/mol. The first-order chi connectivity index (χ1) is 12.5. The van der Waals surface area contributed by atoms with E-state index in [0.717, 1.165) is 12.0 Å². The third-order valence-corrected chi connectivity index (χ3v) is 3.75. The highest BCUT2D eigenvalue weighted by molar-refractivity contribution is 5.99. The lowest BCUT2D eigenvalue weighted by molar-refractivity contribution is -0.142. The lowest BCUT2D eigenvalue weighted by atomic mass is 9.97. The molecular weight excluding hydrogens is 338 g/mol. The molecule has 140 valence electrons. The van der Waals surface area contributed by atoms with Crippen LogP contribution in [-0.4, -0.2) is 33.1 Å². The highest BCUT2D eigenvalue weighted by Gasteiger charge is 2.31. The Labute approximate surface area is 153 Å². The van der Waals surface area contributed by atoms with Crippen LogP contribution in [0.5, 0.6) is 23.0 Å². The molecule has 0 saturated carbocycles. The second-order valence-corrected chi connectivity index (χ2v) is 5.90. The van der Waals surface area contributed by atoms with E-state index in [1.165, 1.54) is 20.3 Å². The molecule has 0 aromatic heterocycles. The van der Waals surface area contributed by atoms with E-state index in [0.29, 0.717) is 35.0 Å². The SMILES string of the molecule is CCCc1c(/C=C(\C#N)C(=O)OC(C)C)c(OC)c2c(c1OC)OCO2. The van der Waals surface area contributed by atoms with Gasteiger partial charge in [-0.3, -0.25) is 0 Å². The molecule has 1 aliphatic rings. The quantitative estimate of drug-likeness (QED) is 0.418. The van der Waals surface area contributed by atoms with Gasteiger partial charge in [0.05, 0.1) is 20.3 Å². The minimum absolute atomic E-state index is 0.0429. The lowest BCUT2D eigenvalue weighted by Crippen LogP contribution is -2.13. The van der Waals surface area contributed by atoms with Crippen molar-refractivity contribution in [1.29, 1.82) is 5.26 Å². The van der Waals surface area contributed by atoms with Gasteiger partial charge in [-0.15, -0.1) is 0 Å². The first-order valence-corrected chi connectivity index (χ1v) is 8.37. The first kappa shape index (κ1) is 19.4. The molecule has 0 unspecified atom stereocenters. The molecule has 0 bridgehead atoms. The van der Waals surface area contributed by atoms with Gasteiger partial charge in [-0.2, -0.15) is 5.26 Å². The number of nitrogens with zero attached hydrogens (tertiary/aromatic N) is 1. The smallest absolute Gasteiger partial charge is 0.349 e. The Kier molecular flexibility index (Phi) is 6.34. The maximum Gasteiger partial charge on any atom is 0.349 e. The zero-order valence-electron chi connectivity index (χ0n) is 15.7. The van der Waals surface area contributed by atoms with Crippen LogP contribution in [0, 0.1) is 11.3 Å². The third-order valence-electron chi connectivity index (χ3n) is 3.75. The molecular formula is C19H23NO6. The number of esters is 1. The van der Waals surface area contributed by atoms with Crippen LogP contribution in [0.2, 0.25) is 0 Å². The van der Waals surface area contributed by atoms with E-state index in [-0.39, 0.29) is 18.5 Å². The van der Waals surface area contributed by atoms with Crippen LogP contribution >= 0.6 is 0 Å². The number of rotatable bonds is 7. The summed E-state index contributed by atoms with van der Waals surface area (Å²) < 4.78 is 27.2. The Hall–Kier alpha value is -2.88. The molecule has 7 heteroatoms. The third kappa shape index (κ3) is 3.69. The van der Waals surface area contributed by atoms with Crippen molar-refractivity contribution in [1.82, 2.24) is 0 Å². The van der Waals surface area contributed by atoms with Crippen molar-refractivity contribution in [3.05, 3.63) is 16.7 Å². The number of methoxy groups -OCH3 is 2. The molecule has 7 nitrogen and oxygen atoms in total. The van der Waals surface area contributed by atoms with E-state index in [1.807, 2.05) is 13.0 Å². The lowest BCUT2D eigenvalue weighted by Gasteiger charge is -2.18. The van der Waals surface area contributed by atoms with Gasteiger partial charge in [-0.1, -0.05) is 13.3 Å². The molecule has 1 aromatic carbocycles. The zero-order chi connectivity index (χ0) is 19.3. The molecule has 0 amide bonds. The molecule has 0 radical (unpaired) electrons. The number of ether oxygens (including phenoxy) is 5. The van der Waals surface area contributed by atoms with Crippen LogP contribution < -0.4 is 18.9 Å². The van der Waals surface area contributed by atoms with Crippen LogP contribution in [0.4, 0.5) is 0 Å². The van der Waals surface area contributed by atoms with E-state index >= 15 is 0 Å². The van der Waals surface area contributed by atoms with E-state index in [1.54, 1.807) is 13.8 Å². The minimum Gasteiger partial charge on any atom is -0.492 e. The van der Waals surface area contributed by atoms with E-state index in [9.17, 15) is 10.1 Å². The number of fused-ring (bicyclic) bond motifs is 1. The second kappa shape index (κ2) is 8.48. The van der Waals surface area contributed by atoms with Gasteiger partial charge in [0.25, 0.3) is 0 Å². The van der Waals surface area contributed by atoms with Crippen molar-refractivity contribution >= 4 is 12.0 Å². The van der Waals surface area contributed by atoms with Crippen molar-refractivity contribution in [2.75, 3.05) is 21.0 Å². The Morgan fingerprint density at radius 2 is 1.85 bits per heavy atom. The fourth-order valence-corrected chi connectivity index (χ4v) is 2.76. The zero-order valence-corrected chi connectivity index (χ0v) is 15.7. The molecule has 26 heavy (non-hydrogen) atoms. The Balaban J connectivity index is 2.71. The summed E-state index contributed by atoms with van der Waals surface area (Å²) in [5.41, 5.74) is 1.20. The van der Waals surface area contributed by atoms with E-state index < -0.39 is 5.97 Å². The molecule has 0 spiro atoms. The van der Waals surface area contributed by atoms with Crippen LogP contribution in [0.1, 0.15) is 38.3 Å². The summed E-state index contributed by atoms with van der Waals surface area (Å²) in [4.78, 5) is 12.2. The fraction of sp³-hybridized carbons (Fsp3) is 0.474. The molecule has 1 aliphatic heterocycles. The highest BCUT2D eigenvalue weighted by atomic mass is 16.7. The largest absolute Gasteiger partial charge is 0.492 e. The second-order valence-electron chi connectivity index (χ2n) is 5.90. The Bertz CT molecular complexity index is 761. The molecule has 0 aliphatic carbocycles. The number of carbonyl (C=O) groups is 1. The van der Waals surface area contributed by atoms with Gasteiger partial charge < -0.3 is 23.7 Å². The normalized spacial score (nSPS) is 12.7. The van der Waals surface area contributed by atoms with Crippen LogP contribution in [0.3, 0.4) is 0 Å². The summed E-state index contributed by atoms with van der Waals surface area (Å²) in [5, 5.41) is 9.43. The number of hydrogen-bond donors (Lipinski definition) is 0.